The number of hydrogen-bond donors (Lipinski definition) is 1. The van der Waals surface area contributed by atoms with Crippen LogP contribution in [0, 0.1) is 6.07 Å². The molecule has 0 saturated heterocycles. The van der Waals surface area contributed by atoms with Gasteiger partial charge in [0.1, 0.15) is 5.75 Å². The van der Waals surface area contributed by atoms with E-state index in [0.717, 1.165) is 22.4 Å². The molecule has 0 fully saturated rings. The Labute approximate surface area is 95.7 Å². The SMILES string of the molecule is COc1ccccc1-c1cc[c]cc1CN. The van der Waals surface area contributed by atoms with E-state index >= 15 is 0 Å². The zero-order valence-electron chi connectivity index (χ0n) is 9.23. The summed E-state index contributed by atoms with van der Waals surface area (Å²) in [6, 6.07) is 16.8. The molecule has 2 nitrogen and oxygen atoms in total. The monoisotopic (exact) mass is 212 g/mol. The van der Waals surface area contributed by atoms with Crippen LogP contribution in [0.25, 0.3) is 11.1 Å². The second-order valence-corrected chi connectivity index (χ2v) is 3.49. The van der Waals surface area contributed by atoms with E-state index in [1.165, 1.54) is 0 Å². The third-order valence-corrected chi connectivity index (χ3v) is 2.57. The molecule has 81 valence electrons. The highest BCUT2D eigenvalue weighted by Gasteiger charge is 2.07. The number of para-hydroxylation sites is 1. The van der Waals surface area contributed by atoms with Crippen molar-refractivity contribution in [2.75, 3.05) is 7.11 Å². The van der Waals surface area contributed by atoms with Gasteiger partial charge in [0.2, 0.25) is 0 Å². The fourth-order valence-electron chi connectivity index (χ4n) is 1.76. The van der Waals surface area contributed by atoms with Crippen LogP contribution in [0.15, 0.2) is 42.5 Å². The lowest BCUT2D eigenvalue weighted by atomic mass is 9.99. The molecule has 0 unspecified atom stereocenters. The summed E-state index contributed by atoms with van der Waals surface area (Å²) in [4.78, 5) is 0. The van der Waals surface area contributed by atoms with E-state index in [4.69, 9.17) is 10.5 Å². The Hall–Kier alpha value is -1.80. The van der Waals surface area contributed by atoms with Crippen molar-refractivity contribution >= 4 is 0 Å². The van der Waals surface area contributed by atoms with Crippen molar-refractivity contribution in [2.45, 2.75) is 6.54 Å². The maximum absolute atomic E-state index is 5.72. The predicted octanol–water partition coefficient (Wildman–Crippen LogP) is 2.62. The van der Waals surface area contributed by atoms with Crippen molar-refractivity contribution in [2.24, 2.45) is 5.73 Å². The van der Waals surface area contributed by atoms with Gasteiger partial charge in [-0.3, -0.25) is 0 Å². The van der Waals surface area contributed by atoms with E-state index in [-0.39, 0.29) is 0 Å². The number of rotatable bonds is 3. The van der Waals surface area contributed by atoms with Gasteiger partial charge in [0, 0.05) is 12.1 Å². The van der Waals surface area contributed by atoms with E-state index in [9.17, 15) is 0 Å². The van der Waals surface area contributed by atoms with Gasteiger partial charge in [0.05, 0.1) is 7.11 Å². The van der Waals surface area contributed by atoms with E-state index in [1.54, 1.807) is 7.11 Å². The molecule has 0 saturated carbocycles. The summed E-state index contributed by atoms with van der Waals surface area (Å²) in [6.45, 7) is 0.505. The Kier molecular flexibility index (Phi) is 3.22. The van der Waals surface area contributed by atoms with Gasteiger partial charge in [-0.05, 0) is 29.3 Å². The molecule has 0 aliphatic heterocycles. The van der Waals surface area contributed by atoms with Crippen LogP contribution in [-0.2, 0) is 6.54 Å². The van der Waals surface area contributed by atoms with Gasteiger partial charge in [-0.15, -0.1) is 0 Å². The standard InChI is InChI=1S/C14H14NO/c1-16-14-9-5-4-8-13(14)12-7-3-2-6-11(12)10-15/h3-9H,10,15H2,1H3. The topological polar surface area (TPSA) is 35.2 Å². The van der Waals surface area contributed by atoms with Crippen molar-refractivity contribution in [3.05, 3.63) is 54.1 Å². The van der Waals surface area contributed by atoms with E-state index < -0.39 is 0 Å². The summed E-state index contributed by atoms with van der Waals surface area (Å²) in [7, 11) is 1.68. The molecule has 0 aromatic heterocycles. The van der Waals surface area contributed by atoms with Crippen LogP contribution in [0.1, 0.15) is 5.56 Å². The lowest BCUT2D eigenvalue weighted by Gasteiger charge is -2.11. The maximum Gasteiger partial charge on any atom is 0.126 e. The summed E-state index contributed by atoms with van der Waals surface area (Å²) >= 11 is 0. The van der Waals surface area contributed by atoms with Gasteiger partial charge in [-0.25, -0.2) is 0 Å². The molecule has 1 radical (unpaired) electrons. The minimum Gasteiger partial charge on any atom is -0.496 e. The highest BCUT2D eigenvalue weighted by atomic mass is 16.5. The molecule has 0 heterocycles. The molecule has 16 heavy (non-hydrogen) atoms. The second-order valence-electron chi connectivity index (χ2n) is 3.49. The van der Waals surface area contributed by atoms with Crippen molar-refractivity contribution in [1.29, 1.82) is 0 Å². The Morgan fingerprint density at radius 2 is 2.00 bits per heavy atom. The van der Waals surface area contributed by atoms with Crippen molar-refractivity contribution in [3.63, 3.8) is 0 Å². The van der Waals surface area contributed by atoms with Gasteiger partial charge >= 0.3 is 0 Å². The fourth-order valence-corrected chi connectivity index (χ4v) is 1.76. The first-order valence-corrected chi connectivity index (χ1v) is 5.19. The molecule has 0 amide bonds. The molecular weight excluding hydrogens is 198 g/mol. The number of ether oxygens (including phenoxy) is 1. The van der Waals surface area contributed by atoms with Crippen molar-refractivity contribution < 1.29 is 4.74 Å². The van der Waals surface area contributed by atoms with Crippen LogP contribution in [-0.4, -0.2) is 7.11 Å². The van der Waals surface area contributed by atoms with E-state index in [2.05, 4.69) is 6.07 Å². The van der Waals surface area contributed by atoms with Crippen LogP contribution in [0.3, 0.4) is 0 Å². The molecule has 2 N–H and O–H groups in total. The van der Waals surface area contributed by atoms with Gasteiger partial charge in [0.25, 0.3) is 0 Å². The van der Waals surface area contributed by atoms with Crippen molar-refractivity contribution in [3.8, 4) is 16.9 Å². The Bertz CT molecular complexity index is 434. The molecule has 2 heteroatoms. The summed E-state index contributed by atoms with van der Waals surface area (Å²) in [5, 5.41) is 0. The highest BCUT2D eigenvalue weighted by Crippen LogP contribution is 2.31. The Balaban J connectivity index is 2.58. The predicted molar refractivity (Wildman–Crippen MR) is 65.2 cm³/mol. The first-order chi connectivity index (χ1) is 7.86. The molecule has 0 atom stereocenters. The summed E-state index contributed by atoms with van der Waals surface area (Å²) in [5.41, 5.74) is 8.97. The van der Waals surface area contributed by atoms with Crippen LogP contribution >= 0.6 is 0 Å². The number of benzene rings is 2. The molecular formula is C14H14NO. The molecule has 0 spiro atoms. The second kappa shape index (κ2) is 4.81. The van der Waals surface area contributed by atoms with Crippen LogP contribution in [0.5, 0.6) is 5.75 Å². The average Bonchev–Trinajstić information content (AvgIpc) is 2.38. The smallest absolute Gasteiger partial charge is 0.126 e. The van der Waals surface area contributed by atoms with Gasteiger partial charge in [-0.1, -0.05) is 30.3 Å². The molecule has 0 bridgehead atoms. The first-order valence-electron chi connectivity index (χ1n) is 5.19. The summed E-state index contributed by atoms with van der Waals surface area (Å²) < 4.78 is 5.35. The third-order valence-electron chi connectivity index (χ3n) is 2.57. The maximum atomic E-state index is 5.72. The number of hydrogen-bond acceptors (Lipinski definition) is 2. The third kappa shape index (κ3) is 1.92. The molecule has 2 rings (SSSR count). The minimum atomic E-state index is 0.505. The Morgan fingerprint density at radius 1 is 1.19 bits per heavy atom. The van der Waals surface area contributed by atoms with E-state index in [0.29, 0.717) is 6.54 Å². The number of nitrogens with two attached hydrogens (primary N) is 1. The van der Waals surface area contributed by atoms with Crippen LogP contribution in [0.2, 0.25) is 0 Å². The van der Waals surface area contributed by atoms with Crippen molar-refractivity contribution in [1.82, 2.24) is 0 Å². The zero-order chi connectivity index (χ0) is 11.4. The first kappa shape index (κ1) is 10.7. The van der Waals surface area contributed by atoms with Gasteiger partial charge in [0.15, 0.2) is 0 Å². The quantitative estimate of drug-likeness (QED) is 0.848. The van der Waals surface area contributed by atoms with E-state index in [1.807, 2.05) is 42.5 Å². The molecule has 2 aromatic carbocycles. The molecule has 0 aliphatic carbocycles. The molecule has 2 aromatic rings. The lowest BCUT2D eigenvalue weighted by molar-refractivity contribution is 0.416. The molecule has 0 aliphatic rings. The Morgan fingerprint density at radius 3 is 2.75 bits per heavy atom. The summed E-state index contributed by atoms with van der Waals surface area (Å²) in [5.74, 6) is 0.864. The normalized spacial score (nSPS) is 10.1. The fraction of sp³-hybridized carbons (Fsp3) is 0.143. The largest absolute Gasteiger partial charge is 0.496 e. The van der Waals surface area contributed by atoms with Gasteiger partial charge < -0.3 is 10.5 Å². The number of methoxy groups -OCH3 is 1. The minimum absolute atomic E-state index is 0.505. The summed E-state index contributed by atoms with van der Waals surface area (Å²) in [6.07, 6.45) is 0. The lowest BCUT2D eigenvalue weighted by Crippen LogP contribution is -1.99. The zero-order valence-corrected chi connectivity index (χ0v) is 9.23. The van der Waals surface area contributed by atoms with Gasteiger partial charge in [-0.2, -0.15) is 0 Å². The highest BCUT2D eigenvalue weighted by molar-refractivity contribution is 5.73. The average molecular weight is 212 g/mol. The van der Waals surface area contributed by atoms with Crippen LogP contribution in [0.4, 0.5) is 0 Å². The van der Waals surface area contributed by atoms with Crippen LogP contribution < -0.4 is 10.5 Å².